The lowest BCUT2D eigenvalue weighted by Crippen LogP contribution is -2.23. The summed E-state index contributed by atoms with van der Waals surface area (Å²) in [6.45, 7) is 1.76. The van der Waals surface area contributed by atoms with Crippen LogP contribution >= 0.6 is 15.9 Å². The maximum atomic E-state index is 6.36. The van der Waals surface area contributed by atoms with Crippen LogP contribution in [-0.4, -0.2) is 35.3 Å². The van der Waals surface area contributed by atoms with Crippen molar-refractivity contribution in [3.63, 3.8) is 0 Å². The maximum absolute atomic E-state index is 6.36. The first-order valence-electron chi connectivity index (χ1n) is 6.26. The Labute approximate surface area is 122 Å². The quantitative estimate of drug-likeness (QED) is 0.918. The highest BCUT2D eigenvalue weighted by molar-refractivity contribution is 9.10. The van der Waals surface area contributed by atoms with Crippen LogP contribution in [0, 0.1) is 0 Å². The normalized spacial score (nSPS) is 12.9. The fourth-order valence-corrected chi connectivity index (χ4v) is 2.52. The topological polar surface area (TPSA) is 47.1 Å². The molecule has 4 nitrogen and oxygen atoms in total. The second kappa shape index (κ2) is 6.32. The number of rotatable bonds is 5. The smallest absolute Gasteiger partial charge is 0.0739 e. The van der Waals surface area contributed by atoms with Crippen LogP contribution in [0.5, 0.6) is 0 Å². The van der Waals surface area contributed by atoms with Crippen LogP contribution in [0.4, 0.5) is 0 Å². The molecular formula is C14H19BrN4. The first kappa shape index (κ1) is 14.2. The van der Waals surface area contributed by atoms with Gasteiger partial charge in [0.2, 0.25) is 0 Å². The molecule has 1 aromatic heterocycles. The molecule has 2 N–H and O–H groups in total. The van der Waals surface area contributed by atoms with Gasteiger partial charge in [0.15, 0.2) is 0 Å². The van der Waals surface area contributed by atoms with Crippen molar-refractivity contribution in [1.29, 1.82) is 0 Å². The van der Waals surface area contributed by atoms with Gasteiger partial charge in [-0.25, -0.2) is 0 Å². The summed E-state index contributed by atoms with van der Waals surface area (Å²) in [6, 6.07) is 9.92. The van der Waals surface area contributed by atoms with Gasteiger partial charge in [0.1, 0.15) is 0 Å². The lowest BCUT2D eigenvalue weighted by molar-refractivity contribution is 0.368. The van der Waals surface area contributed by atoms with E-state index in [9.17, 15) is 0 Å². The van der Waals surface area contributed by atoms with E-state index in [4.69, 9.17) is 5.73 Å². The average molecular weight is 323 g/mol. The zero-order valence-electron chi connectivity index (χ0n) is 11.3. The first-order valence-corrected chi connectivity index (χ1v) is 7.05. The largest absolute Gasteiger partial charge is 0.319 e. The fraction of sp³-hybridized carbons (Fsp3) is 0.357. The molecule has 5 heteroatoms. The summed E-state index contributed by atoms with van der Waals surface area (Å²) in [7, 11) is 4.10. The van der Waals surface area contributed by atoms with Crippen molar-refractivity contribution in [1.82, 2.24) is 14.7 Å². The number of likely N-dealkylation sites (N-methyl/N-ethyl adjacent to an activating group) is 1. The zero-order valence-corrected chi connectivity index (χ0v) is 12.8. The molecule has 1 atom stereocenters. The molecular weight excluding hydrogens is 304 g/mol. The van der Waals surface area contributed by atoms with Gasteiger partial charge >= 0.3 is 0 Å². The Morgan fingerprint density at radius 2 is 2.00 bits per heavy atom. The minimum atomic E-state index is -0.166. The number of nitrogens with zero attached hydrogens (tertiary/aromatic N) is 3. The molecule has 0 bridgehead atoms. The van der Waals surface area contributed by atoms with E-state index in [2.05, 4.69) is 40.0 Å². The van der Waals surface area contributed by atoms with Crippen LogP contribution in [0.3, 0.4) is 0 Å². The van der Waals surface area contributed by atoms with Gasteiger partial charge < -0.3 is 10.6 Å². The monoisotopic (exact) mass is 322 g/mol. The molecule has 2 rings (SSSR count). The number of halogens is 1. The molecule has 0 aliphatic heterocycles. The fourth-order valence-electron chi connectivity index (χ4n) is 1.97. The van der Waals surface area contributed by atoms with Crippen molar-refractivity contribution in [3.8, 4) is 0 Å². The van der Waals surface area contributed by atoms with E-state index < -0.39 is 0 Å². The predicted octanol–water partition coefficient (Wildman–Crippen LogP) is 2.26. The van der Waals surface area contributed by atoms with Gasteiger partial charge in [0, 0.05) is 6.54 Å². The van der Waals surface area contributed by atoms with Gasteiger partial charge in [-0.15, -0.1) is 0 Å². The van der Waals surface area contributed by atoms with Crippen molar-refractivity contribution in [2.24, 2.45) is 5.73 Å². The molecule has 0 spiro atoms. The van der Waals surface area contributed by atoms with E-state index in [1.165, 1.54) is 0 Å². The minimum Gasteiger partial charge on any atom is -0.319 e. The summed E-state index contributed by atoms with van der Waals surface area (Å²) >= 11 is 3.55. The van der Waals surface area contributed by atoms with Crippen LogP contribution in [0.15, 0.2) is 41.0 Å². The van der Waals surface area contributed by atoms with Crippen LogP contribution in [0.25, 0.3) is 0 Å². The average Bonchev–Trinajstić information content (AvgIpc) is 2.78. The van der Waals surface area contributed by atoms with Crippen LogP contribution < -0.4 is 5.73 Å². The highest BCUT2D eigenvalue weighted by Crippen LogP contribution is 2.26. The van der Waals surface area contributed by atoms with Crippen LogP contribution in [0.1, 0.15) is 17.3 Å². The lowest BCUT2D eigenvalue weighted by atomic mass is 10.0. The second-order valence-electron chi connectivity index (χ2n) is 4.79. The van der Waals surface area contributed by atoms with Gasteiger partial charge in [-0.2, -0.15) is 5.10 Å². The lowest BCUT2D eigenvalue weighted by Gasteiger charge is -2.17. The van der Waals surface area contributed by atoms with E-state index in [0.717, 1.165) is 28.8 Å². The Hall–Kier alpha value is -1.17. The summed E-state index contributed by atoms with van der Waals surface area (Å²) in [5.74, 6) is 0. The Morgan fingerprint density at radius 1 is 1.32 bits per heavy atom. The summed E-state index contributed by atoms with van der Waals surface area (Å²) < 4.78 is 2.93. The first-order chi connectivity index (χ1) is 9.09. The molecule has 0 saturated heterocycles. The van der Waals surface area contributed by atoms with Crippen molar-refractivity contribution in [3.05, 3.63) is 52.3 Å². The molecule has 0 aliphatic carbocycles. The van der Waals surface area contributed by atoms with E-state index in [1.807, 2.05) is 41.2 Å². The summed E-state index contributed by atoms with van der Waals surface area (Å²) in [4.78, 5) is 2.13. The second-order valence-corrected chi connectivity index (χ2v) is 5.65. The Balaban J connectivity index is 2.26. The van der Waals surface area contributed by atoms with Gasteiger partial charge in [-0.3, -0.25) is 4.68 Å². The Bertz CT molecular complexity index is 521. The standard InChI is InChI=1S/C14H19BrN4/c1-18(2)8-9-19-14(12(15)10-17-19)13(16)11-6-4-3-5-7-11/h3-7,10,13H,8-9,16H2,1-2H3. The summed E-state index contributed by atoms with van der Waals surface area (Å²) in [5.41, 5.74) is 8.48. The van der Waals surface area contributed by atoms with E-state index in [1.54, 1.807) is 0 Å². The molecule has 19 heavy (non-hydrogen) atoms. The molecule has 0 aliphatic rings. The van der Waals surface area contributed by atoms with E-state index >= 15 is 0 Å². The Kier molecular flexibility index (Phi) is 4.74. The molecule has 2 aromatic rings. The van der Waals surface area contributed by atoms with Crippen molar-refractivity contribution in [2.45, 2.75) is 12.6 Å². The Morgan fingerprint density at radius 3 is 2.63 bits per heavy atom. The highest BCUT2D eigenvalue weighted by Gasteiger charge is 2.18. The number of aromatic nitrogens is 2. The molecule has 0 radical (unpaired) electrons. The van der Waals surface area contributed by atoms with Gasteiger partial charge in [0.25, 0.3) is 0 Å². The van der Waals surface area contributed by atoms with Crippen molar-refractivity contribution >= 4 is 15.9 Å². The predicted molar refractivity (Wildman–Crippen MR) is 81.0 cm³/mol. The molecule has 0 saturated carbocycles. The molecule has 1 aromatic carbocycles. The SMILES string of the molecule is CN(C)CCn1ncc(Br)c1C(N)c1ccccc1. The van der Waals surface area contributed by atoms with Crippen LogP contribution in [-0.2, 0) is 6.54 Å². The number of hydrogen-bond donors (Lipinski definition) is 1. The van der Waals surface area contributed by atoms with Gasteiger partial charge in [0.05, 0.1) is 29.0 Å². The molecule has 0 amide bonds. The number of nitrogens with two attached hydrogens (primary N) is 1. The zero-order chi connectivity index (χ0) is 13.8. The summed E-state index contributed by atoms with van der Waals surface area (Å²) in [6.07, 6.45) is 1.81. The third kappa shape index (κ3) is 3.43. The highest BCUT2D eigenvalue weighted by atomic mass is 79.9. The van der Waals surface area contributed by atoms with E-state index in [-0.39, 0.29) is 6.04 Å². The third-order valence-electron chi connectivity index (χ3n) is 3.05. The van der Waals surface area contributed by atoms with E-state index in [0.29, 0.717) is 0 Å². The number of hydrogen-bond acceptors (Lipinski definition) is 3. The summed E-state index contributed by atoms with van der Waals surface area (Å²) in [5, 5.41) is 4.40. The molecule has 0 fully saturated rings. The van der Waals surface area contributed by atoms with Gasteiger partial charge in [-0.05, 0) is 35.6 Å². The minimum absolute atomic E-state index is 0.166. The van der Waals surface area contributed by atoms with Crippen LogP contribution in [0.2, 0.25) is 0 Å². The third-order valence-corrected chi connectivity index (χ3v) is 3.66. The molecule has 1 unspecified atom stereocenters. The number of benzene rings is 1. The van der Waals surface area contributed by atoms with Gasteiger partial charge in [-0.1, -0.05) is 30.3 Å². The van der Waals surface area contributed by atoms with Crippen molar-refractivity contribution in [2.75, 3.05) is 20.6 Å². The van der Waals surface area contributed by atoms with Crippen molar-refractivity contribution < 1.29 is 0 Å². The molecule has 1 heterocycles. The molecule has 102 valence electrons. The maximum Gasteiger partial charge on any atom is 0.0739 e.